The summed E-state index contributed by atoms with van der Waals surface area (Å²) in [6.45, 7) is 1.04. The molecule has 1 rings (SSSR count). The van der Waals surface area contributed by atoms with E-state index in [0.29, 0.717) is 19.5 Å². The first-order valence-corrected chi connectivity index (χ1v) is 7.30. The third kappa shape index (κ3) is 4.80. The molecule has 94 valence electrons. The van der Waals surface area contributed by atoms with Crippen molar-refractivity contribution >= 4 is 15.9 Å². The summed E-state index contributed by atoms with van der Waals surface area (Å²) in [6, 6.07) is -0.563. The first-order chi connectivity index (χ1) is 7.53. The van der Waals surface area contributed by atoms with Crippen LogP contribution < -0.4 is 16.4 Å². The minimum Gasteiger partial charge on any atom is -0.338 e. The van der Waals surface area contributed by atoms with Crippen LogP contribution in [0.25, 0.3) is 0 Å². The van der Waals surface area contributed by atoms with Crippen molar-refractivity contribution in [2.75, 3.05) is 24.6 Å². The van der Waals surface area contributed by atoms with Gasteiger partial charge in [0.15, 0.2) is 9.84 Å². The van der Waals surface area contributed by atoms with Gasteiger partial charge >= 0.3 is 6.03 Å². The van der Waals surface area contributed by atoms with E-state index in [4.69, 9.17) is 5.73 Å². The highest BCUT2D eigenvalue weighted by atomic mass is 32.2. The molecule has 0 radical (unpaired) electrons. The van der Waals surface area contributed by atoms with Gasteiger partial charge in [0.05, 0.1) is 11.5 Å². The van der Waals surface area contributed by atoms with Gasteiger partial charge < -0.3 is 16.4 Å². The highest BCUT2D eigenvalue weighted by Crippen LogP contribution is 2.11. The molecule has 1 aliphatic rings. The maximum atomic E-state index is 11.3. The van der Waals surface area contributed by atoms with Crippen LogP contribution in [0, 0.1) is 0 Å². The average molecular weight is 249 g/mol. The molecule has 0 saturated carbocycles. The standard InChI is InChI=1S/C9H19N3O3S/c10-4-2-5-11-9(13)12-8-3-1-6-16(14,15)7-8/h8H,1-7,10H2,(H2,11,12,13). The number of carbonyl (C=O) groups is 1. The lowest BCUT2D eigenvalue weighted by Crippen LogP contribution is -2.47. The lowest BCUT2D eigenvalue weighted by molar-refractivity contribution is 0.237. The lowest BCUT2D eigenvalue weighted by atomic mass is 10.2. The molecule has 2 amide bonds. The van der Waals surface area contributed by atoms with Crippen molar-refractivity contribution in [2.45, 2.75) is 25.3 Å². The quantitative estimate of drug-likeness (QED) is 0.568. The predicted octanol–water partition coefficient (Wildman–Crippen LogP) is -0.788. The molecule has 1 aliphatic heterocycles. The van der Waals surface area contributed by atoms with Gasteiger partial charge in [0.25, 0.3) is 0 Å². The van der Waals surface area contributed by atoms with E-state index in [9.17, 15) is 13.2 Å². The van der Waals surface area contributed by atoms with E-state index in [1.807, 2.05) is 0 Å². The number of sulfone groups is 1. The highest BCUT2D eigenvalue weighted by Gasteiger charge is 2.25. The van der Waals surface area contributed by atoms with E-state index in [2.05, 4.69) is 10.6 Å². The van der Waals surface area contributed by atoms with Crippen LogP contribution in [0.5, 0.6) is 0 Å². The van der Waals surface area contributed by atoms with Crippen LogP contribution in [0.3, 0.4) is 0 Å². The van der Waals surface area contributed by atoms with Gasteiger partial charge in [-0.25, -0.2) is 13.2 Å². The Bertz CT molecular complexity index is 329. The van der Waals surface area contributed by atoms with Gasteiger partial charge in [0.1, 0.15) is 0 Å². The molecule has 1 heterocycles. The van der Waals surface area contributed by atoms with Gasteiger partial charge in [-0.1, -0.05) is 0 Å². The minimum absolute atomic E-state index is 0.0529. The van der Waals surface area contributed by atoms with Crippen molar-refractivity contribution < 1.29 is 13.2 Å². The molecule has 0 spiro atoms. The molecule has 1 atom stereocenters. The molecule has 0 aliphatic carbocycles. The molecule has 1 saturated heterocycles. The first kappa shape index (κ1) is 13.2. The maximum Gasteiger partial charge on any atom is 0.315 e. The van der Waals surface area contributed by atoms with E-state index in [0.717, 1.165) is 12.8 Å². The summed E-state index contributed by atoms with van der Waals surface area (Å²) >= 11 is 0. The Hall–Kier alpha value is -0.820. The summed E-state index contributed by atoms with van der Waals surface area (Å²) in [5.41, 5.74) is 5.28. The monoisotopic (exact) mass is 249 g/mol. The van der Waals surface area contributed by atoms with E-state index in [1.54, 1.807) is 0 Å². The van der Waals surface area contributed by atoms with Crippen LogP contribution >= 0.6 is 0 Å². The zero-order valence-corrected chi connectivity index (χ0v) is 10.1. The molecule has 1 fully saturated rings. The SMILES string of the molecule is NCCCNC(=O)NC1CCCS(=O)(=O)C1. The van der Waals surface area contributed by atoms with Crippen LogP contribution in [0.2, 0.25) is 0 Å². The Labute approximate surface area is 95.9 Å². The van der Waals surface area contributed by atoms with Crippen molar-refractivity contribution in [3.8, 4) is 0 Å². The summed E-state index contributed by atoms with van der Waals surface area (Å²) in [5.74, 6) is 0.289. The van der Waals surface area contributed by atoms with E-state index >= 15 is 0 Å². The third-order valence-electron chi connectivity index (χ3n) is 2.46. The average Bonchev–Trinajstić information content (AvgIpc) is 2.16. The van der Waals surface area contributed by atoms with Crippen LogP contribution in [0.4, 0.5) is 4.79 Å². The number of urea groups is 1. The number of carbonyl (C=O) groups excluding carboxylic acids is 1. The Balaban J connectivity index is 2.28. The first-order valence-electron chi connectivity index (χ1n) is 5.48. The van der Waals surface area contributed by atoms with Gasteiger partial charge in [-0.15, -0.1) is 0 Å². The summed E-state index contributed by atoms with van der Waals surface area (Å²) in [4.78, 5) is 11.3. The van der Waals surface area contributed by atoms with Crippen LogP contribution in [0.1, 0.15) is 19.3 Å². The third-order valence-corrected chi connectivity index (χ3v) is 4.29. The molecular formula is C9H19N3O3S. The van der Waals surface area contributed by atoms with Crippen molar-refractivity contribution in [1.29, 1.82) is 0 Å². The normalized spacial score (nSPS) is 23.7. The van der Waals surface area contributed by atoms with Crippen molar-refractivity contribution in [3.05, 3.63) is 0 Å². The Morgan fingerprint density at radius 2 is 2.19 bits per heavy atom. The van der Waals surface area contributed by atoms with Gasteiger partial charge in [-0.05, 0) is 25.8 Å². The number of amides is 2. The second kappa shape index (κ2) is 6.05. The van der Waals surface area contributed by atoms with Crippen LogP contribution in [0.15, 0.2) is 0 Å². The smallest absolute Gasteiger partial charge is 0.315 e. The molecule has 16 heavy (non-hydrogen) atoms. The van der Waals surface area contributed by atoms with Crippen LogP contribution in [-0.4, -0.2) is 45.1 Å². The molecule has 0 bridgehead atoms. The Morgan fingerprint density at radius 3 is 2.81 bits per heavy atom. The molecule has 4 N–H and O–H groups in total. The summed E-state index contributed by atoms with van der Waals surface area (Å²) in [5, 5.41) is 5.30. The number of hydrogen-bond donors (Lipinski definition) is 3. The van der Waals surface area contributed by atoms with Gasteiger partial charge in [-0.2, -0.15) is 0 Å². The van der Waals surface area contributed by atoms with Gasteiger partial charge in [0.2, 0.25) is 0 Å². The molecule has 7 heteroatoms. The predicted molar refractivity (Wildman–Crippen MR) is 61.9 cm³/mol. The topological polar surface area (TPSA) is 101 Å². The number of nitrogens with two attached hydrogens (primary N) is 1. The summed E-state index contributed by atoms with van der Waals surface area (Å²) in [6.07, 6.45) is 2.07. The van der Waals surface area contributed by atoms with E-state index < -0.39 is 9.84 Å². The fourth-order valence-electron chi connectivity index (χ4n) is 1.68. The Morgan fingerprint density at radius 1 is 1.44 bits per heavy atom. The fraction of sp³-hybridized carbons (Fsp3) is 0.889. The van der Waals surface area contributed by atoms with Gasteiger partial charge in [-0.3, -0.25) is 0 Å². The van der Waals surface area contributed by atoms with E-state index in [1.165, 1.54) is 0 Å². The fourth-order valence-corrected chi connectivity index (χ4v) is 3.31. The van der Waals surface area contributed by atoms with Crippen molar-refractivity contribution in [1.82, 2.24) is 10.6 Å². The molecule has 0 aromatic heterocycles. The van der Waals surface area contributed by atoms with E-state index in [-0.39, 0.29) is 23.6 Å². The molecule has 6 nitrogen and oxygen atoms in total. The zero-order chi connectivity index (χ0) is 12.0. The van der Waals surface area contributed by atoms with Gasteiger partial charge in [0, 0.05) is 12.6 Å². The molecule has 0 aromatic carbocycles. The van der Waals surface area contributed by atoms with Crippen LogP contribution in [-0.2, 0) is 9.84 Å². The Kier molecular flexibility index (Phi) is 5.01. The molecule has 0 aromatic rings. The van der Waals surface area contributed by atoms with Crippen molar-refractivity contribution in [3.63, 3.8) is 0 Å². The minimum atomic E-state index is -2.97. The zero-order valence-electron chi connectivity index (χ0n) is 9.24. The molecule has 1 unspecified atom stereocenters. The van der Waals surface area contributed by atoms with Crippen molar-refractivity contribution in [2.24, 2.45) is 5.73 Å². The second-order valence-electron chi connectivity index (χ2n) is 4.00. The largest absolute Gasteiger partial charge is 0.338 e. The maximum absolute atomic E-state index is 11.3. The highest BCUT2D eigenvalue weighted by molar-refractivity contribution is 7.91. The number of nitrogens with one attached hydrogen (secondary N) is 2. The molecular weight excluding hydrogens is 230 g/mol. The summed E-state index contributed by atoms with van der Waals surface area (Å²) < 4.78 is 22.6. The number of hydrogen-bond acceptors (Lipinski definition) is 4. The second-order valence-corrected chi connectivity index (χ2v) is 6.22. The summed E-state index contributed by atoms with van der Waals surface area (Å²) in [7, 11) is -2.97. The number of rotatable bonds is 4. The lowest BCUT2D eigenvalue weighted by Gasteiger charge is -2.23.